The Kier molecular flexibility index (Phi) is 6.88. The molecule has 35 heavy (non-hydrogen) atoms. The van der Waals surface area contributed by atoms with Crippen molar-refractivity contribution in [3.63, 3.8) is 0 Å². The van der Waals surface area contributed by atoms with E-state index in [4.69, 9.17) is 14.0 Å². The number of rotatable bonds is 10. The molecule has 1 aliphatic heterocycles. The van der Waals surface area contributed by atoms with Crippen LogP contribution in [0, 0.1) is 12.8 Å². The molecule has 2 aromatic heterocycles. The monoisotopic (exact) mass is 476 g/mol. The van der Waals surface area contributed by atoms with Crippen molar-refractivity contribution in [1.82, 2.24) is 15.5 Å². The van der Waals surface area contributed by atoms with Gasteiger partial charge in [0.25, 0.3) is 0 Å². The first-order valence-electron chi connectivity index (χ1n) is 12.3. The fourth-order valence-electron chi connectivity index (χ4n) is 4.28. The van der Waals surface area contributed by atoms with E-state index in [0.29, 0.717) is 17.6 Å². The maximum atomic E-state index is 12.3. The van der Waals surface area contributed by atoms with Crippen molar-refractivity contribution in [3.8, 4) is 11.6 Å². The second-order valence-electron chi connectivity index (χ2n) is 9.55. The highest BCUT2D eigenvalue weighted by atomic mass is 16.5. The van der Waals surface area contributed by atoms with Crippen LogP contribution >= 0.6 is 0 Å². The molecule has 1 N–H and O–H groups in total. The first-order valence-corrected chi connectivity index (χ1v) is 12.3. The molecule has 8 nitrogen and oxygen atoms in total. The highest BCUT2D eigenvalue weighted by Crippen LogP contribution is 2.30. The summed E-state index contributed by atoms with van der Waals surface area (Å²) in [5.41, 5.74) is 2.91. The van der Waals surface area contributed by atoms with Gasteiger partial charge in [0.2, 0.25) is 11.8 Å². The molecule has 184 valence electrons. The fourth-order valence-corrected chi connectivity index (χ4v) is 4.28. The number of amides is 1. The Labute approximate surface area is 205 Å². The van der Waals surface area contributed by atoms with Gasteiger partial charge in [0, 0.05) is 37.0 Å². The first kappa shape index (κ1) is 23.2. The fraction of sp³-hybridized carbons (Fsp3) is 0.444. The van der Waals surface area contributed by atoms with Gasteiger partial charge >= 0.3 is 0 Å². The Balaban J connectivity index is 1.10. The zero-order valence-corrected chi connectivity index (χ0v) is 20.3. The normalized spacial score (nSPS) is 18.3. The molecule has 1 aliphatic carbocycles. The van der Waals surface area contributed by atoms with Crippen LogP contribution in [0.2, 0.25) is 0 Å². The third-order valence-electron chi connectivity index (χ3n) is 6.46. The summed E-state index contributed by atoms with van der Waals surface area (Å²) in [6.45, 7) is 6.32. The Bertz CT molecular complexity index is 1140. The van der Waals surface area contributed by atoms with E-state index < -0.39 is 0 Å². The molecule has 1 unspecified atom stereocenters. The lowest BCUT2D eigenvalue weighted by Gasteiger charge is -2.20. The molecule has 8 heteroatoms. The van der Waals surface area contributed by atoms with Crippen LogP contribution in [-0.2, 0) is 11.2 Å². The summed E-state index contributed by atoms with van der Waals surface area (Å²) in [6.07, 6.45) is 5.60. The molecule has 1 amide bonds. The molecule has 3 heterocycles. The van der Waals surface area contributed by atoms with Gasteiger partial charge in [0.05, 0.1) is 31.3 Å². The average Bonchev–Trinajstić information content (AvgIpc) is 3.43. The number of pyridine rings is 1. The number of hydrogen-bond donors (Lipinski definition) is 1. The van der Waals surface area contributed by atoms with Crippen LogP contribution < -0.4 is 19.7 Å². The van der Waals surface area contributed by atoms with E-state index in [9.17, 15) is 4.79 Å². The van der Waals surface area contributed by atoms with Gasteiger partial charge in [-0.3, -0.25) is 4.79 Å². The van der Waals surface area contributed by atoms with E-state index in [1.165, 1.54) is 12.8 Å². The van der Waals surface area contributed by atoms with Gasteiger partial charge in [-0.25, -0.2) is 4.98 Å². The van der Waals surface area contributed by atoms with E-state index in [-0.39, 0.29) is 24.5 Å². The van der Waals surface area contributed by atoms with E-state index in [0.717, 1.165) is 48.8 Å². The Hall–Kier alpha value is -3.55. The summed E-state index contributed by atoms with van der Waals surface area (Å²) in [5, 5.41) is 6.82. The standard InChI is InChI=1S/C27H32N4O4/c1-18-13-25(35-30-18)15-26(32)29-19(2)21-5-7-23(8-6-21)34-24-10-12-31(16-24)22-9-11-28-27(14-22)33-17-20-3-4-20/h5-9,11,13-14,19-20,24H,3-4,10,12,15-17H2,1-2H3,(H,29,32)/t19-,24?/m0/s1. The minimum atomic E-state index is -0.120. The zero-order valence-electron chi connectivity index (χ0n) is 20.3. The highest BCUT2D eigenvalue weighted by molar-refractivity contribution is 5.78. The van der Waals surface area contributed by atoms with Crippen molar-refractivity contribution < 1.29 is 18.8 Å². The largest absolute Gasteiger partial charge is 0.489 e. The number of carbonyl (C=O) groups is 1. The van der Waals surface area contributed by atoms with Crippen LogP contribution in [-0.4, -0.2) is 41.8 Å². The van der Waals surface area contributed by atoms with Gasteiger partial charge in [-0.1, -0.05) is 17.3 Å². The molecular formula is C27H32N4O4. The number of nitrogens with zero attached hydrogens (tertiary/aromatic N) is 3. The molecular weight excluding hydrogens is 444 g/mol. The number of nitrogens with one attached hydrogen (secondary N) is 1. The Morgan fingerprint density at radius 1 is 1.20 bits per heavy atom. The number of anilines is 1. The zero-order chi connectivity index (χ0) is 24.2. The SMILES string of the molecule is Cc1cc(CC(=O)N[C@@H](C)c2ccc(OC3CCN(c4ccnc(OCC5CC5)c4)C3)cc2)on1. The van der Waals surface area contributed by atoms with Crippen molar-refractivity contribution in [3.05, 3.63) is 65.7 Å². The molecule has 2 aliphatic rings. The third kappa shape index (κ3) is 6.32. The summed E-state index contributed by atoms with van der Waals surface area (Å²) in [5.74, 6) is 2.71. The first-order chi connectivity index (χ1) is 17.0. The molecule has 0 spiro atoms. The van der Waals surface area contributed by atoms with Crippen LogP contribution in [0.1, 0.15) is 49.2 Å². The molecule has 1 saturated carbocycles. The number of aromatic nitrogens is 2. The van der Waals surface area contributed by atoms with Crippen molar-refractivity contribution in [2.75, 3.05) is 24.6 Å². The van der Waals surface area contributed by atoms with Crippen LogP contribution in [0.3, 0.4) is 0 Å². The topological polar surface area (TPSA) is 89.7 Å². The van der Waals surface area contributed by atoms with Crippen molar-refractivity contribution in [2.24, 2.45) is 5.92 Å². The number of benzene rings is 1. The second kappa shape index (κ2) is 10.4. The highest BCUT2D eigenvalue weighted by Gasteiger charge is 2.25. The number of aryl methyl sites for hydroxylation is 1. The molecule has 2 fully saturated rings. The third-order valence-corrected chi connectivity index (χ3v) is 6.46. The number of hydrogen-bond acceptors (Lipinski definition) is 7. The molecule has 1 aromatic carbocycles. The lowest BCUT2D eigenvalue weighted by atomic mass is 10.1. The quantitative estimate of drug-likeness (QED) is 0.468. The maximum Gasteiger partial charge on any atom is 0.228 e. The number of carbonyl (C=O) groups excluding carboxylic acids is 1. The van der Waals surface area contributed by atoms with E-state index >= 15 is 0 Å². The summed E-state index contributed by atoms with van der Waals surface area (Å²) >= 11 is 0. The van der Waals surface area contributed by atoms with Crippen molar-refractivity contribution in [1.29, 1.82) is 0 Å². The summed E-state index contributed by atoms with van der Waals surface area (Å²) in [6, 6.07) is 13.6. The predicted octanol–water partition coefficient (Wildman–Crippen LogP) is 4.24. The maximum absolute atomic E-state index is 12.3. The van der Waals surface area contributed by atoms with Gasteiger partial charge in [-0.05, 0) is 56.4 Å². The second-order valence-corrected chi connectivity index (χ2v) is 9.55. The lowest BCUT2D eigenvalue weighted by molar-refractivity contribution is -0.121. The Morgan fingerprint density at radius 2 is 2.03 bits per heavy atom. The minimum absolute atomic E-state index is 0.0998. The summed E-state index contributed by atoms with van der Waals surface area (Å²) in [4.78, 5) is 19.0. The number of ether oxygens (including phenoxy) is 2. The molecule has 3 aromatic rings. The molecule has 0 bridgehead atoms. The van der Waals surface area contributed by atoms with Gasteiger partial charge in [0.1, 0.15) is 17.6 Å². The molecule has 2 atom stereocenters. The molecule has 1 saturated heterocycles. The molecule has 5 rings (SSSR count). The van der Waals surface area contributed by atoms with E-state index in [1.54, 1.807) is 6.07 Å². The van der Waals surface area contributed by atoms with Crippen LogP contribution in [0.25, 0.3) is 0 Å². The van der Waals surface area contributed by atoms with Gasteiger partial charge in [0.15, 0.2) is 0 Å². The van der Waals surface area contributed by atoms with Crippen molar-refractivity contribution in [2.45, 2.75) is 51.7 Å². The van der Waals surface area contributed by atoms with Gasteiger partial charge in [-0.2, -0.15) is 0 Å². The van der Waals surface area contributed by atoms with E-state index in [1.807, 2.05) is 56.4 Å². The van der Waals surface area contributed by atoms with Crippen LogP contribution in [0.5, 0.6) is 11.6 Å². The minimum Gasteiger partial charge on any atom is -0.489 e. The van der Waals surface area contributed by atoms with Crippen LogP contribution in [0.4, 0.5) is 5.69 Å². The average molecular weight is 477 g/mol. The smallest absolute Gasteiger partial charge is 0.228 e. The van der Waals surface area contributed by atoms with E-state index in [2.05, 4.69) is 20.4 Å². The van der Waals surface area contributed by atoms with Crippen molar-refractivity contribution >= 4 is 11.6 Å². The van der Waals surface area contributed by atoms with Crippen LogP contribution in [0.15, 0.2) is 53.2 Å². The summed E-state index contributed by atoms with van der Waals surface area (Å²) < 4.78 is 17.2. The van der Waals surface area contributed by atoms with Gasteiger partial charge < -0.3 is 24.2 Å². The van der Waals surface area contributed by atoms with Gasteiger partial charge in [-0.15, -0.1) is 0 Å². The lowest BCUT2D eigenvalue weighted by Crippen LogP contribution is -2.28. The molecule has 0 radical (unpaired) electrons. The Morgan fingerprint density at radius 3 is 2.77 bits per heavy atom. The predicted molar refractivity (Wildman–Crippen MR) is 132 cm³/mol. The summed E-state index contributed by atoms with van der Waals surface area (Å²) in [7, 11) is 0.